The Bertz CT molecular complexity index is 472. The third-order valence-electron chi connectivity index (χ3n) is 4.32. The molecule has 0 radical (unpaired) electrons. The van der Waals surface area contributed by atoms with Crippen LogP contribution >= 0.6 is 0 Å². The summed E-state index contributed by atoms with van der Waals surface area (Å²) in [6.45, 7) is 0. The third kappa shape index (κ3) is 1.75. The van der Waals surface area contributed by atoms with Gasteiger partial charge in [0, 0.05) is 23.6 Å². The first kappa shape index (κ1) is 11.8. The maximum Gasteiger partial charge on any atom is 0.372 e. The van der Waals surface area contributed by atoms with Crippen LogP contribution in [-0.4, -0.2) is 11.1 Å². The number of furan rings is 1. The molecule has 0 spiro atoms. The van der Waals surface area contributed by atoms with Gasteiger partial charge in [0.15, 0.2) is 0 Å². The zero-order chi connectivity index (χ0) is 12.7. The van der Waals surface area contributed by atoms with Crippen LogP contribution in [-0.2, 0) is 6.42 Å². The van der Waals surface area contributed by atoms with Crippen LogP contribution in [0.1, 0.15) is 77.9 Å². The van der Waals surface area contributed by atoms with Crippen LogP contribution in [0.4, 0.5) is 0 Å². The van der Waals surface area contributed by atoms with E-state index in [9.17, 15) is 9.90 Å². The van der Waals surface area contributed by atoms with E-state index in [4.69, 9.17) is 10.2 Å². The van der Waals surface area contributed by atoms with Crippen LogP contribution in [0.15, 0.2) is 4.42 Å². The number of carboxylic acid groups (broad SMARTS) is 1. The van der Waals surface area contributed by atoms with Gasteiger partial charge in [0.2, 0.25) is 5.76 Å². The molecule has 4 nitrogen and oxygen atoms in total. The van der Waals surface area contributed by atoms with Crippen molar-refractivity contribution in [1.29, 1.82) is 0 Å². The van der Waals surface area contributed by atoms with Crippen molar-refractivity contribution in [3.63, 3.8) is 0 Å². The Labute approximate surface area is 106 Å². The van der Waals surface area contributed by atoms with E-state index in [0.29, 0.717) is 5.92 Å². The predicted octanol–water partition coefficient (Wildman–Crippen LogP) is 2.97. The van der Waals surface area contributed by atoms with E-state index < -0.39 is 5.97 Å². The molecule has 3 N–H and O–H groups in total. The SMILES string of the molecule is NC1CCc2oc(C(=O)O)c(C3CCCCC3)c21. The second kappa shape index (κ2) is 4.43. The highest BCUT2D eigenvalue weighted by Crippen LogP contribution is 2.44. The molecular formula is C14H19NO3. The van der Waals surface area contributed by atoms with Crippen molar-refractivity contribution in [2.45, 2.75) is 56.9 Å². The van der Waals surface area contributed by atoms with Crippen molar-refractivity contribution in [2.75, 3.05) is 0 Å². The maximum absolute atomic E-state index is 11.3. The number of fused-ring (bicyclic) bond motifs is 1. The van der Waals surface area contributed by atoms with E-state index >= 15 is 0 Å². The minimum atomic E-state index is -0.947. The van der Waals surface area contributed by atoms with Crippen LogP contribution in [0.3, 0.4) is 0 Å². The molecule has 1 unspecified atom stereocenters. The quantitative estimate of drug-likeness (QED) is 0.844. The summed E-state index contributed by atoms with van der Waals surface area (Å²) in [5.41, 5.74) is 8.05. The van der Waals surface area contributed by atoms with Gasteiger partial charge in [-0.05, 0) is 25.2 Å². The fraction of sp³-hybridized carbons (Fsp3) is 0.643. The van der Waals surface area contributed by atoms with Gasteiger partial charge in [0.25, 0.3) is 0 Å². The van der Waals surface area contributed by atoms with Crippen molar-refractivity contribution in [3.05, 3.63) is 22.6 Å². The average Bonchev–Trinajstić information content (AvgIpc) is 2.91. The first-order valence-corrected chi connectivity index (χ1v) is 6.82. The number of carboxylic acids is 1. The lowest BCUT2D eigenvalue weighted by molar-refractivity contribution is 0.0657. The molecular weight excluding hydrogens is 230 g/mol. The summed E-state index contributed by atoms with van der Waals surface area (Å²) in [6, 6.07) is -0.0335. The van der Waals surface area contributed by atoms with Crippen molar-refractivity contribution in [3.8, 4) is 0 Å². The highest BCUT2D eigenvalue weighted by Gasteiger charge is 2.35. The second-order valence-electron chi connectivity index (χ2n) is 5.47. The van der Waals surface area contributed by atoms with Crippen LogP contribution in [0.2, 0.25) is 0 Å². The zero-order valence-corrected chi connectivity index (χ0v) is 10.4. The molecule has 1 atom stereocenters. The maximum atomic E-state index is 11.3. The molecule has 0 bridgehead atoms. The number of carbonyl (C=O) groups is 1. The van der Waals surface area contributed by atoms with Crippen LogP contribution in [0.25, 0.3) is 0 Å². The molecule has 0 saturated heterocycles. The molecule has 4 heteroatoms. The van der Waals surface area contributed by atoms with Gasteiger partial charge < -0.3 is 15.3 Å². The number of rotatable bonds is 2. The van der Waals surface area contributed by atoms with Gasteiger partial charge in [-0.2, -0.15) is 0 Å². The average molecular weight is 249 g/mol. The lowest BCUT2D eigenvalue weighted by atomic mass is 9.81. The summed E-state index contributed by atoms with van der Waals surface area (Å²) in [5, 5.41) is 9.31. The first-order valence-electron chi connectivity index (χ1n) is 6.82. The Kier molecular flexibility index (Phi) is 2.90. The van der Waals surface area contributed by atoms with Gasteiger partial charge in [-0.25, -0.2) is 4.79 Å². The second-order valence-corrected chi connectivity index (χ2v) is 5.47. The molecule has 0 amide bonds. The monoisotopic (exact) mass is 249 g/mol. The highest BCUT2D eigenvalue weighted by molar-refractivity contribution is 5.87. The van der Waals surface area contributed by atoms with Crippen molar-refractivity contribution < 1.29 is 14.3 Å². The number of aryl methyl sites for hydroxylation is 1. The fourth-order valence-corrected chi connectivity index (χ4v) is 3.48. The van der Waals surface area contributed by atoms with Crippen LogP contribution in [0.5, 0.6) is 0 Å². The Morgan fingerprint density at radius 3 is 2.56 bits per heavy atom. The van der Waals surface area contributed by atoms with Gasteiger partial charge in [-0.15, -0.1) is 0 Å². The smallest absolute Gasteiger partial charge is 0.372 e. The van der Waals surface area contributed by atoms with E-state index in [-0.39, 0.29) is 11.8 Å². The highest BCUT2D eigenvalue weighted by atomic mass is 16.4. The fourth-order valence-electron chi connectivity index (χ4n) is 3.48. The van der Waals surface area contributed by atoms with E-state index in [0.717, 1.165) is 42.6 Å². The molecule has 18 heavy (non-hydrogen) atoms. The Balaban J connectivity index is 2.07. The van der Waals surface area contributed by atoms with Gasteiger partial charge in [-0.3, -0.25) is 0 Å². The molecule has 3 rings (SSSR count). The van der Waals surface area contributed by atoms with E-state index in [1.807, 2.05) is 0 Å². The van der Waals surface area contributed by atoms with E-state index in [1.54, 1.807) is 0 Å². The molecule has 98 valence electrons. The normalized spacial score (nSPS) is 24.2. The lowest BCUT2D eigenvalue weighted by Crippen LogP contribution is -2.14. The van der Waals surface area contributed by atoms with Crippen molar-refractivity contribution in [1.82, 2.24) is 0 Å². The molecule has 1 fully saturated rings. The summed E-state index contributed by atoms with van der Waals surface area (Å²) in [7, 11) is 0. The largest absolute Gasteiger partial charge is 0.475 e. The van der Waals surface area contributed by atoms with Gasteiger partial charge >= 0.3 is 5.97 Å². The molecule has 2 aliphatic carbocycles. The summed E-state index contributed by atoms with van der Waals surface area (Å²) in [6.07, 6.45) is 7.41. The van der Waals surface area contributed by atoms with Crippen LogP contribution < -0.4 is 5.73 Å². The van der Waals surface area contributed by atoms with Gasteiger partial charge in [0.1, 0.15) is 5.76 Å². The molecule has 1 aromatic heterocycles. The topological polar surface area (TPSA) is 76.5 Å². The molecule has 0 aromatic carbocycles. The number of hydrogen-bond donors (Lipinski definition) is 2. The summed E-state index contributed by atoms with van der Waals surface area (Å²) < 4.78 is 5.56. The number of nitrogens with two attached hydrogens (primary N) is 1. The Morgan fingerprint density at radius 2 is 1.89 bits per heavy atom. The van der Waals surface area contributed by atoms with Crippen molar-refractivity contribution >= 4 is 5.97 Å². The van der Waals surface area contributed by atoms with Crippen molar-refractivity contribution in [2.24, 2.45) is 5.73 Å². The summed E-state index contributed by atoms with van der Waals surface area (Å²) in [5.74, 6) is 0.362. The predicted molar refractivity (Wildman–Crippen MR) is 66.7 cm³/mol. The van der Waals surface area contributed by atoms with Crippen LogP contribution in [0, 0.1) is 0 Å². The summed E-state index contributed by atoms with van der Waals surface area (Å²) >= 11 is 0. The molecule has 1 saturated carbocycles. The molecule has 1 heterocycles. The third-order valence-corrected chi connectivity index (χ3v) is 4.32. The Morgan fingerprint density at radius 1 is 1.17 bits per heavy atom. The summed E-state index contributed by atoms with van der Waals surface area (Å²) in [4.78, 5) is 11.3. The minimum absolute atomic E-state index is 0.0335. The molecule has 0 aliphatic heterocycles. The standard InChI is InChI=1S/C14H19NO3/c15-9-6-7-10-12(9)11(13(18-10)14(16)17)8-4-2-1-3-5-8/h8-9H,1-7,15H2,(H,16,17). The number of aromatic carboxylic acids is 1. The van der Waals surface area contributed by atoms with Gasteiger partial charge in [0.05, 0.1) is 0 Å². The van der Waals surface area contributed by atoms with Gasteiger partial charge in [-0.1, -0.05) is 19.3 Å². The Hall–Kier alpha value is -1.29. The van der Waals surface area contributed by atoms with E-state index in [2.05, 4.69) is 0 Å². The zero-order valence-electron chi connectivity index (χ0n) is 10.4. The molecule has 1 aromatic rings. The minimum Gasteiger partial charge on any atom is -0.475 e. The molecule has 2 aliphatic rings. The first-order chi connectivity index (χ1) is 8.68. The lowest BCUT2D eigenvalue weighted by Gasteiger charge is -2.23. The number of hydrogen-bond acceptors (Lipinski definition) is 3. The van der Waals surface area contributed by atoms with E-state index in [1.165, 1.54) is 19.3 Å².